The monoisotopic (exact) mass is 268 g/mol. The van der Waals surface area contributed by atoms with E-state index in [0.29, 0.717) is 0 Å². The molecule has 0 aliphatic heterocycles. The average molecular weight is 268 g/mol. The topological polar surface area (TPSA) is 25.8 Å². The Balaban J connectivity index is 2.29. The van der Waals surface area contributed by atoms with Gasteiger partial charge in [0.25, 0.3) is 0 Å². The molecular weight excluding hydrogens is 244 g/mol. The summed E-state index contributed by atoms with van der Waals surface area (Å²) in [6.07, 6.45) is 3.88. The van der Waals surface area contributed by atoms with Gasteiger partial charge in [-0.2, -0.15) is 0 Å². The summed E-state index contributed by atoms with van der Waals surface area (Å²) >= 11 is 0. The highest BCUT2D eigenvalue weighted by atomic mass is 14.7. The van der Waals surface area contributed by atoms with E-state index in [1.807, 2.05) is 12.4 Å². The fourth-order valence-corrected chi connectivity index (χ4v) is 2.00. The molecule has 0 saturated carbocycles. The van der Waals surface area contributed by atoms with E-state index in [9.17, 15) is 0 Å². The Morgan fingerprint density at radius 1 is 0.700 bits per heavy atom. The Kier molecular flexibility index (Phi) is 3.68. The number of nitrogens with zero attached hydrogens (tertiary/aromatic N) is 2. The van der Waals surface area contributed by atoms with Crippen LogP contribution in [-0.4, -0.2) is 9.97 Å². The smallest absolute Gasteiger partial charge is 0.0717 e. The quantitative estimate of drug-likeness (QED) is 0.746. The van der Waals surface area contributed by atoms with Crippen LogP contribution in [0.2, 0.25) is 0 Å². The van der Waals surface area contributed by atoms with Crippen LogP contribution in [0.15, 0.2) is 36.7 Å². The third-order valence-corrected chi connectivity index (χ3v) is 3.46. The Morgan fingerprint density at radius 3 is 1.80 bits per heavy atom. The summed E-state index contributed by atoms with van der Waals surface area (Å²) in [7, 11) is 0. The zero-order valence-electron chi connectivity index (χ0n) is 13.4. The maximum Gasteiger partial charge on any atom is 0.0717 e. The lowest BCUT2D eigenvalue weighted by molar-refractivity contribution is 0.569. The lowest BCUT2D eigenvalue weighted by Gasteiger charge is -2.19. The van der Waals surface area contributed by atoms with Gasteiger partial charge in [0.15, 0.2) is 0 Å². The predicted molar refractivity (Wildman–Crippen MR) is 84.9 cm³/mol. The molecule has 0 saturated heterocycles. The van der Waals surface area contributed by atoms with Gasteiger partial charge < -0.3 is 0 Å². The molecule has 2 aromatic heterocycles. The van der Waals surface area contributed by atoms with Crippen LogP contribution in [0.3, 0.4) is 0 Å². The van der Waals surface area contributed by atoms with Crippen LogP contribution in [0.4, 0.5) is 0 Å². The molecule has 0 fully saturated rings. The van der Waals surface area contributed by atoms with Crippen molar-refractivity contribution in [2.75, 3.05) is 0 Å². The summed E-state index contributed by atoms with van der Waals surface area (Å²) in [5, 5.41) is 0. The summed E-state index contributed by atoms with van der Waals surface area (Å²) < 4.78 is 0. The molecule has 0 aliphatic carbocycles. The van der Waals surface area contributed by atoms with Gasteiger partial charge in [0.2, 0.25) is 0 Å². The van der Waals surface area contributed by atoms with Gasteiger partial charge in [-0.05, 0) is 29.2 Å². The van der Waals surface area contributed by atoms with E-state index in [1.54, 1.807) is 0 Å². The minimum Gasteiger partial charge on any atom is -0.260 e. The molecule has 2 nitrogen and oxygen atoms in total. The Hall–Kier alpha value is -1.70. The molecule has 2 aromatic rings. The first-order valence-electron chi connectivity index (χ1n) is 7.11. The highest BCUT2D eigenvalue weighted by Gasteiger charge is 2.16. The lowest BCUT2D eigenvalue weighted by Crippen LogP contribution is -2.13. The third-order valence-electron chi connectivity index (χ3n) is 3.46. The van der Waals surface area contributed by atoms with Crippen molar-refractivity contribution in [3.63, 3.8) is 0 Å². The molecule has 2 rings (SSSR count). The second kappa shape index (κ2) is 5.01. The van der Waals surface area contributed by atoms with Crippen molar-refractivity contribution >= 4 is 0 Å². The summed E-state index contributed by atoms with van der Waals surface area (Å²) in [6.45, 7) is 13.1. The summed E-state index contributed by atoms with van der Waals surface area (Å²) in [5.41, 5.74) is 4.62. The van der Waals surface area contributed by atoms with E-state index in [1.165, 1.54) is 5.56 Å². The summed E-state index contributed by atoms with van der Waals surface area (Å²) in [6, 6.07) is 8.43. The first-order valence-corrected chi connectivity index (χ1v) is 7.11. The number of rotatable bonds is 1. The molecule has 106 valence electrons. The van der Waals surface area contributed by atoms with Gasteiger partial charge in [-0.3, -0.25) is 9.97 Å². The Labute approximate surface area is 122 Å². The molecule has 20 heavy (non-hydrogen) atoms. The van der Waals surface area contributed by atoms with E-state index in [4.69, 9.17) is 0 Å². The van der Waals surface area contributed by atoms with Crippen molar-refractivity contribution in [3.05, 3.63) is 47.9 Å². The van der Waals surface area contributed by atoms with Gasteiger partial charge in [-0.15, -0.1) is 0 Å². The van der Waals surface area contributed by atoms with Gasteiger partial charge in [0.05, 0.1) is 5.69 Å². The number of hydrogen-bond acceptors (Lipinski definition) is 2. The average Bonchev–Trinajstić information content (AvgIpc) is 2.37. The number of hydrogen-bond donors (Lipinski definition) is 0. The van der Waals surface area contributed by atoms with Crippen molar-refractivity contribution < 1.29 is 0 Å². The zero-order valence-corrected chi connectivity index (χ0v) is 13.4. The van der Waals surface area contributed by atoms with Gasteiger partial charge in [-0.25, -0.2) is 0 Å². The fraction of sp³-hybridized carbons (Fsp3) is 0.444. The maximum absolute atomic E-state index is 4.57. The van der Waals surface area contributed by atoms with E-state index in [2.05, 4.69) is 75.8 Å². The van der Waals surface area contributed by atoms with E-state index in [0.717, 1.165) is 17.0 Å². The SMILES string of the molecule is CC(C)(C)c1ccc(-c2ccc(C(C)(C)C)nc2)nc1. The molecule has 0 atom stereocenters. The normalized spacial score (nSPS) is 12.5. The molecular formula is C18H24N2. The molecule has 0 N–H and O–H groups in total. The second-order valence-corrected chi connectivity index (χ2v) is 7.36. The van der Waals surface area contributed by atoms with Gasteiger partial charge >= 0.3 is 0 Å². The first-order chi connectivity index (χ1) is 9.18. The third kappa shape index (κ3) is 3.24. The van der Waals surface area contributed by atoms with Crippen LogP contribution in [-0.2, 0) is 10.8 Å². The molecule has 0 amide bonds. The molecule has 0 aromatic carbocycles. The van der Waals surface area contributed by atoms with Crippen molar-refractivity contribution in [3.8, 4) is 11.3 Å². The molecule has 2 heterocycles. The van der Waals surface area contributed by atoms with Crippen LogP contribution < -0.4 is 0 Å². The van der Waals surface area contributed by atoms with Crippen LogP contribution in [0.25, 0.3) is 11.3 Å². The first kappa shape index (κ1) is 14.7. The minimum atomic E-state index is 0.0854. The Bertz CT molecular complexity index is 511. The molecule has 0 unspecified atom stereocenters. The molecule has 0 spiro atoms. The van der Waals surface area contributed by atoms with Crippen molar-refractivity contribution in [1.82, 2.24) is 9.97 Å². The standard InChI is InChI=1S/C18H24N2/c1-17(2,3)14-8-9-15(19-12-14)13-7-10-16(20-11-13)18(4,5)6/h7-12H,1-6H3. The van der Waals surface area contributed by atoms with Crippen LogP contribution in [0.5, 0.6) is 0 Å². The zero-order chi connectivity index (χ0) is 15.0. The van der Waals surface area contributed by atoms with Crippen molar-refractivity contribution in [2.24, 2.45) is 0 Å². The summed E-state index contributed by atoms with van der Waals surface area (Å²) in [5.74, 6) is 0. The van der Waals surface area contributed by atoms with E-state index in [-0.39, 0.29) is 10.8 Å². The van der Waals surface area contributed by atoms with Gasteiger partial charge in [-0.1, -0.05) is 47.6 Å². The number of pyridine rings is 2. The minimum absolute atomic E-state index is 0.0854. The lowest BCUT2D eigenvalue weighted by atomic mass is 9.88. The van der Waals surface area contributed by atoms with Crippen molar-refractivity contribution in [1.29, 1.82) is 0 Å². The maximum atomic E-state index is 4.57. The van der Waals surface area contributed by atoms with Crippen LogP contribution in [0.1, 0.15) is 52.8 Å². The molecule has 0 radical (unpaired) electrons. The van der Waals surface area contributed by atoms with E-state index >= 15 is 0 Å². The molecule has 2 heteroatoms. The molecule has 0 aliphatic rings. The second-order valence-electron chi connectivity index (χ2n) is 7.36. The fourth-order valence-electron chi connectivity index (χ4n) is 2.00. The highest BCUT2D eigenvalue weighted by molar-refractivity contribution is 5.58. The van der Waals surface area contributed by atoms with Crippen molar-refractivity contribution in [2.45, 2.75) is 52.4 Å². The van der Waals surface area contributed by atoms with Crippen LogP contribution in [0, 0.1) is 0 Å². The highest BCUT2D eigenvalue weighted by Crippen LogP contribution is 2.25. The predicted octanol–water partition coefficient (Wildman–Crippen LogP) is 4.74. The number of aromatic nitrogens is 2. The molecule has 0 bridgehead atoms. The van der Waals surface area contributed by atoms with Gasteiger partial charge in [0.1, 0.15) is 0 Å². The summed E-state index contributed by atoms with van der Waals surface area (Å²) in [4.78, 5) is 9.12. The largest absolute Gasteiger partial charge is 0.260 e. The van der Waals surface area contributed by atoms with Crippen LogP contribution >= 0.6 is 0 Å². The Morgan fingerprint density at radius 2 is 1.40 bits per heavy atom. The van der Waals surface area contributed by atoms with E-state index < -0.39 is 0 Å². The van der Waals surface area contributed by atoms with Gasteiger partial charge in [0, 0.05) is 29.1 Å².